The Bertz CT molecular complexity index is 1570. The van der Waals surface area contributed by atoms with Crippen LogP contribution >= 0.6 is 11.6 Å². The van der Waals surface area contributed by atoms with Crippen molar-refractivity contribution in [2.75, 3.05) is 20.1 Å². The number of halogens is 3. The molecule has 0 bridgehead atoms. The van der Waals surface area contributed by atoms with Gasteiger partial charge in [-0.1, -0.05) is 11.6 Å². The van der Waals surface area contributed by atoms with Crippen LogP contribution in [0.1, 0.15) is 28.2 Å². The Morgan fingerprint density at radius 3 is 2.72 bits per heavy atom. The van der Waals surface area contributed by atoms with Gasteiger partial charge in [0.25, 0.3) is 5.91 Å². The summed E-state index contributed by atoms with van der Waals surface area (Å²) < 4.78 is 32.1. The molecule has 2 aromatic carbocycles. The average molecular weight is 510 g/mol. The van der Waals surface area contributed by atoms with Crippen LogP contribution in [0.25, 0.3) is 28.0 Å². The molecule has 3 heterocycles. The molecule has 1 N–H and O–H groups in total. The quantitative estimate of drug-likeness (QED) is 0.449. The molecule has 0 unspecified atom stereocenters. The summed E-state index contributed by atoms with van der Waals surface area (Å²) in [7, 11) is 3.34. The SMILES string of the molecule is CN[C@H]1CCN(C(=O)c2nc(-c3ccc(C#N)c(F)c3)n(-c3cc4c(F)n(C)nc4cc3Cl)c2C)C1. The number of hydrogen-bond donors (Lipinski definition) is 1. The lowest BCUT2D eigenvalue weighted by Crippen LogP contribution is -2.34. The van der Waals surface area contributed by atoms with E-state index in [1.165, 1.54) is 25.2 Å². The van der Waals surface area contributed by atoms with Gasteiger partial charge in [-0.05, 0) is 50.7 Å². The van der Waals surface area contributed by atoms with Gasteiger partial charge in [-0.3, -0.25) is 9.36 Å². The van der Waals surface area contributed by atoms with Gasteiger partial charge in [-0.15, -0.1) is 0 Å². The maximum absolute atomic E-state index is 14.7. The van der Waals surface area contributed by atoms with Crippen molar-refractivity contribution >= 4 is 28.4 Å². The van der Waals surface area contributed by atoms with Gasteiger partial charge < -0.3 is 10.2 Å². The van der Waals surface area contributed by atoms with E-state index in [2.05, 4.69) is 15.4 Å². The number of fused-ring (bicyclic) bond motifs is 1. The van der Waals surface area contributed by atoms with Crippen LogP contribution in [0.4, 0.5) is 8.78 Å². The molecule has 8 nitrogen and oxygen atoms in total. The summed E-state index contributed by atoms with van der Waals surface area (Å²) in [4.78, 5) is 19.8. The van der Waals surface area contributed by atoms with Crippen molar-refractivity contribution in [3.8, 4) is 23.1 Å². The van der Waals surface area contributed by atoms with E-state index >= 15 is 0 Å². The Hall–Kier alpha value is -3.81. The van der Waals surface area contributed by atoms with Crippen molar-refractivity contribution < 1.29 is 13.6 Å². The van der Waals surface area contributed by atoms with Gasteiger partial charge in [-0.2, -0.15) is 14.8 Å². The van der Waals surface area contributed by atoms with Crippen LogP contribution < -0.4 is 5.32 Å². The van der Waals surface area contributed by atoms with Gasteiger partial charge in [0.05, 0.1) is 32.9 Å². The monoisotopic (exact) mass is 509 g/mol. The fourth-order valence-electron chi connectivity index (χ4n) is 4.62. The van der Waals surface area contributed by atoms with Gasteiger partial charge in [0.15, 0.2) is 0 Å². The number of aromatic nitrogens is 4. The first-order valence-electron chi connectivity index (χ1n) is 11.3. The summed E-state index contributed by atoms with van der Waals surface area (Å²) in [6, 6.07) is 9.16. The van der Waals surface area contributed by atoms with Crippen molar-refractivity contribution in [2.45, 2.75) is 19.4 Å². The van der Waals surface area contributed by atoms with Crippen LogP contribution in [-0.2, 0) is 7.05 Å². The maximum Gasteiger partial charge on any atom is 0.274 e. The lowest BCUT2D eigenvalue weighted by Gasteiger charge is -2.16. The number of nitrogens with zero attached hydrogens (tertiary/aromatic N) is 6. The fourth-order valence-corrected chi connectivity index (χ4v) is 4.86. The van der Waals surface area contributed by atoms with Crippen LogP contribution in [-0.4, -0.2) is 56.3 Å². The zero-order chi connectivity index (χ0) is 25.7. The van der Waals surface area contributed by atoms with Crippen LogP contribution in [0.2, 0.25) is 5.02 Å². The third-order valence-corrected chi connectivity index (χ3v) is 6.91. The van der Waals surface area contributed by atoms with E-state index in [9.17, 15) is 13.6 Å². The van der Waals surface area contributed by atoms with Crippen molar-refractivity contribution in [2.24, 2.45) is 7.05 Å². The summed E-state index contributed by atoms with van der Waals surface area (Å²) in [5, 5.41) is 16.9. The van der Waals surface area contributed by atoms with E-state index < -0.39 is 11.8 Å². The number of carbonyl (C=O) groups excluding carboxylic acids is 1. The third-order valence-electron chi connectivity index (χ3n) is 6.61. The summed E-state index contributed by atoms with van der Waals surface area (Å²) in [6.07, 6.45) is 0.818. The highest BCUT2D eigenvalue weighted by Gasteiger charge is 2.31. The van der Waals surface area contributed by atoms with Gasteiger partial charge in [0.2, 0.25) is 5.95 Å². The smallest absolute Gasteiger partial charge is 0.274 e. The van der Waals surface area contributed by atoms with Crippen molar-refractivity contribution in [3.63, 3.8) is 0 Å². The number of nitriles is 1. The molecule has 0 aliphatic carbocycles. The first kappa shape index (κ1) is 23.9. The molecule has 4 aromatic rings. The number of rotatable bonds is 4. The summed E-state index contributed by atoms with van der Waals surface area (Å²) in [5.41, 5.74) is 1.63. The largest absolute Gasteiger partial charge is 0.336 e. The minimum absolute atomic E-state index is 0.114. The number of nitrogens with one attached hydrogen (secondary N) is 1. The summed E-state index contributed by atoms with van der Waals surface area (Å²) in [6.45, 7) is 2.83. The molecular formula is C25H22ClF2N7O. The van der Waals surface area contributed by atoms with Crippen molar-refractivity contribution in [3.05, 3.63) is 64.1 Å². The zero-order valence-corrected chi connectivity index (χ0v) is 20.6. The molecule has 1 aliphatic heterocycles. The lowest BCUT2D eigenvalue weighted by molar-refractivity contribution is 0.0783. The highest BCUT2D eigenvalue weighted by molar-refractivity contribution is 6.33. The van der Waals surface area contributed by atoms with Crippen molar-refractivity contribution in [1.29, 1.82) is 5.26 Å². The number of benzene rings is 2. The van der Waals surface area contributed by atoms with Gasteiger partial charge in [0, 0.05) is 31.7 Å². The van der Waals surface area contributed by atoms with E-state index in [1.54, 1.807) is 34.6 Å². The van der Waals surface area contributed by atoms with Gasteiger partial charge in [-0.25, -0.2) is 14.1 Å². The molecule has 1 atom stereocenters. The Morgan fingerprint density at radius 2 is 2.06 bits per heavy atom. The zero-order valence-electron chi connectivity index (χ0n) is 19.8. The molecular weight excluding hydrogens is 488 g/mol. The number of carbonyl (C=O) groups is 1. The molecule has 1 saturated heterocycles. The Kier molecular flexibility index (Phi) is 5.98. The van der Waals surface area contributed by atoms with Crippen LogP contribution in [0.5, 0.6) is 0 Å². The van der Waals surface area contributed by atoms with Crippen LogP contribution in [0, 0.1) is 30.0 Å². The number of likely N-dealkylation sites (tertiary alicyclic amines) is 1. The van der Waals surface area contributed by atoms with Gasteiger partial charge in [0.1, 0.15) is 23.4 Å². The Balaban J connectivity index is 1.73. The minimum atomic E-state index is -0.716. The summed E-state index contributed by atoms with van der Waals surface area (Å²) >= 11 is 6.62. The Morgan fingerprint density at radius 1 is 1.28 bits per heavy atom. The second kappa shape index (κ2) is 9.00. The third kappa shape index (κ3) is 3.81. The van der Waals surface area contributed by atoms with Gasteiger partial charge >= 0.3 is 0 Å². The molecule has 5 rings (SSSR count). The standard InChI is InChI=1S/C25H22ClF2N7O/c1-13-22(25(36)34-7-6-16(12-34)30-2)31-24(14-4-5-15(11-29)19(27)8-14)35(13)21-9-17-20(10-18(21)26)32-33(3)23(17)28/h4-5,8-10,16,30H,6-7,12H2,1-3H3/t16-/m0/s1. The predicted octanol–water partition coefficient (Wildman–Crippen LogP) is 3.97. The molecule has 0 radical (unpaired) electrons. The average Bonchev–Trinajstić information content (AvgIpc) is 3.55. The lowest BCUT2D eigenvalue weighted by atomic mass is 10.1. The van der Waals surface area contributed by atoms with E-state index in [0.717, 1.165) is 11.1 Å². The number of imidazole rings is 1. The molecule has 2 aromatic heterocycles. The molecule has 1 fully saturated rings. The highest BCUT2D eigenvalue weighted by atomic mass is 35.5. The van der Waals surface area contributed by atoms with Crippen molar-refractivity contribution in [1.82, 2.24) is 29.5 Å². The first-order chi connectivity index (χ1) is 17.2. The second-order valence-electron chi connectivity index (χ2n) is 8.77. The van der Waals surface area contributed by atoms with E-state index in [1.807, 2.05) is 7.05 Å². The predicted molar refractivity (Wildman–Crippen MR) is 131 cm³/mol. The number of hydrogen-bond acceptors (Lipinski definition) is 5. The normalized spacial score (nSPS) is 15.6. The fraction of sp³-hybridized carbons (Fsp3) is 0.280. The Labute approximate surface area is 210 Å². The molecule has 11 heteroatoms. The van der Waals surface area contributed by atoms with E-state index in [0.29, 0.717) is 35.6 Å². The highest BCUT2D eigenvalue weighted by Crippen LogP contribution is 2.34. The maximum atomic E-state index is 14.7. The molecule has 184 valence electrons. The summed E-state index contributed by atoms with van der Waals surface area (Å²) in [5.74, 6) is -1.28. The molecule has 0 spiro atoms. The molecule has 36 heavy (non-hydrogen) atoms. The van der Waals surface area contributed by atoms with E-state index in [-0.39, 0.29) is 39.4 Å². The second-order valence-corrected chi connectivity index (χ2v) is 9.18. The first-order valence-corrected chi connectivity index (χ1v) is 11.7. The minimum Gasteiger partial charge on any atom is -0.336 e. The molecule has 1 aliphatic rings. The molecule has 0 saturated carbocycles. The van der Waals surface area contributed by atoms with Crippen LogP contribution in [0.15, 0.2) is 30.3 Å². The van der Waals surface area contributed by atoms with E-state index in [4.69, 9.17) is 16.9 Å². The topological polar surface area (TPSA) is 91.8 Å². The van der Waals surface area contributed by atoms with Crippen LogP contribution in [0.3, 0.4) is 0 Å². The number of likely N-dealkylation sites (N-methyl/N-ethyl adjacent to an activating group) is 1. The number of amides is 1. The molecule has 1 amide bonds. The number of aryl methyl sites for hydroxylation is 1.